The van der Waals surface area contributed by atoms with E-state index in [1.165, 1.54) is 0 Å². The van der Waals surface area contributed by atoms with Crippen LogP contribution in [0.1, 0.15) is 18.5 Å². The summed E-state index contributed by atoms with van der Waals surface area (Å²) in [7, 11) is 1.65. The monoisotopic (exact) mass is 266 g/mol. The van der Waals surface area contributed by atoms with Gasteiger partial charge in [-0.2, -0.15) is 0 Å². The molecule has 0 spiro atoms. The molecule has 2 rings (SSSR count). The van der Waals surface area contributed by atoms with Crippen LogP contribution in [0.25, 0.3) is 0 Å². The number of ether oxygens (including phenoxy) is 2. The molecule has 1 aromatic carbocycles. The number of nitrogens with zero attached hydrogens (tertiary/aromatic N) is 1. The van der Waals surface area contributed by atoms with Gasteiger partial charge >= 0.3 is 0 Å². The predicted octanol–water partition coefficient (Wildman–Crippen LogP) is 0.912. The number of rotatable bonds is 4. The lowest BCUT2D eigenvalue weighted by molar-refractivity contribution is 0.00350. The van der Waals surface area contributed by atoms with Crippen molar-refractivity contribution in [3.8, 4) is 5.75 Å². The van der Waals surface area contributed by atoms with Gasteiger partial charge in [0, 0.05) is 30.4 Å². The number of hydrogen-bond acceptors (Lipinski definition) is 5. The number of anilines is 1. The maximum Gasteiger partial charge on any atom is 0.125 e. The quantitative estimate of drug-likeness (QED) is 0.848. The van der Waals surface area contributed by atoms with Crippen LogP contribution in [-0.4, -0.2) is 44.6 Å². The Bertz CT molecular complexity index is 423. The number of aliphatic hydroxyl groups is 1. The standard InChI is InChI=1S/C14H22N2O3/c1-10(15)14-12(4-3-5-13(14)18-2)16-6-7-19-11(8-16)9-17/h3-5,10-11,17H,6-9,15H2,1-2H3. The molecule has 0 bridgehead atoms. The molecular weight excluding hydrogens is 244 g/mol. The summed E-state index contributed by atoms with van der Waals surface area (Å²) < 4.78 is 10.9. The summed E-state index contributed by atoms with van der Waals surface area (Å²) in [5.74, 6) is 0.805. The molecule has 2 unspecified atom stereocenters. The van der Waals surface area contributed by atoms with E-state index in [-0.39, 0.29) is 18.8 Å². The van der Waals surface area contributed by atoms with Crippen molar-refractivity contribution >= 4 is 5.69 Å². The maximum absolute atomic E-state index is 9.23. The van der Waals surface area contributed by atoms with Crippen molar-refractivity contribution in [1.29, 1.82) is 0 Å². The SMILES string of the molecule is COc1cccc(N2CCOC(CO)C2)c1C(C)N. The van der Waals surface area contributed by atoms with Crippen molar-refractivity contribution in [1.82, 2.24) is 0 Å². The first-order chi connectivity index (χ1) is 9.17. The molecule has 1 aliphatic heterocycles. The van der Waals surface area contributed by atoms with E-state index in [1.807, 2.05) is 25.1 Å². The van der Waals surface area contributed by atoms with Gasteiger partial charge in [0.2, 0.25) is 0 Å². The van der Waals surface area contributed by atoms with Gasteiger partial charge in [-0.3, -0.25) is 0 Å². The molecule has 1 saturated heterocycles. The first-order valence-electron chi connectivity index (χ1n) is 6.57. The number of morpholine rings is 1. The minimum Gasteiger partial charge on any atom is -0.496 e. The fourth-order valence-corrected chi connectivity index (χ4v) is 2.49. The Balaban J connectivity index is 2.33. The maximum atomic E-state index is 9.23. The molecule has 0 saturated carbocycles. The molecule has 2 atom stereocenters. The summed E-state index contributed by atoms with van der Waals surface area (Å²) in [6.07, 6.45) is -0.138. The van der Waals surface area contributed by atoms with E-state index in [2.05, 4.69) is 4.90 Å². The molecular formula is C14H22N2O3. The van der Waals surface area contributed by atoms with Gasteiger partial charge in [0.15, 0.2) is 0 Å². The Labute approximate surface area is 113 Å². The summed E-state index contributed by atoms with van der Waals surface area (Å²) in [6.45, 7) is 4.06. The number of nitrogens with two attached hydrogens (primary N) is 1. The summed E-state index contributed by atoms with van der Waals surface area (Å²) >= 11 is 0. The highest BCUT2D eigenvalue weighted by Crippen LogP contribution is 2.34. The van der Waals surface area contributed by atoms with Crippen molar-refractivity contribution in [3.63, 3.8) is 0 Å². The second-order valence-electron chi connectivity index (χ2n) is 4.80. The Morgan fingerprint density at radius 3 is 3.00 bits per heavy atom. The van der Waals surface area contributed by atoms with Gasteiger partial charge < -0.3 is 25.2 Å². The highest BCUT2D eigenvalue weighted by atomic mass is 16.5. The molecule has 5 heteroatoms. The highest BCUT2D eigenvalue weighted by molar-refractivity contribution is 5.61. The highest BCUT2D eigenvalue weighted by Gasteiger charge is 2.24. The van der Waals surface area contributed by atoms with Crippen LogP contribution in [0.4, 0.5) is 5.69 Å². The smallest absolute Gasteiger partial charge is 0.125 e. The molecule has 1 heterocycles. The molecule has 5 nitrogen and oxygen atoms in total. The van der Waals surface area contributed by atoms with E-state index in [0.717, 1.165) is 23.5 Å². The molecule has 106 valence electrons. The van der Waals surface area contributed by atoms with Crippen molar-refractivity contribution in [2.75, 3.05) is 38.3 Å². The van der Waals surface area contributed by atoms with Gasteiger partial charge in [0.05, 0.1) is 26.4 Å². The summed E-state index contributed by atoms with van der Waals surface area (Å²) in [6, 6.07) is 5.82. The van der Waals surface area contributed by atoms with E-state index in [1.54, 1.807) is 7.11 Å². The lowest BCUT2D eigenvalue weighted by Gasteiger charge is -2.35. The molecule has 1 fully saturated rings. The Hall–Kier alpha value is -1.30. The van der Waals surface area contributed by atoms with Gasteiger partial charge in [-0.15, -0.1) is 0 Å². The molecule has 0 aliphatic carbocycles. The van der Waals surface area contributed by atoms with Gasteiger partial charge in [0.1, 0.15) is 5.75 Å². The van der Waals surface area contributed by atoms with E-state index in [9.17, 15) is 5.11 Å². The molecule has 1 aromatic rings. The van der Waals surface area contributed by atoms with Crippen LogP contribution < -0.4 is 15.4 Å². The van der Waals surface area contributed by atoms with E-state index >= 15 is 0 Å². The molecule has 19 heavy (non-hydrogen) atoms. The predicted molar refractivity (Wildman–Crippen MR) is 74.6 cm³/mol. The second kappa shape index (κ2) is 6.23. The normalized spacial score (nSPS) is 21.3. The van der Waals surface area contributed by atoms with Crippen molar-refractivity contribution in [2.24, 2.45) is 5.73 Å². The number of hydrogen-bond donors (Lipinski definition) is 2. The zero-order valence-corrected chi connectivity index (χ0v) is 11.5. The third-order valence-electron chi connectivity index (χ3n) is 3.40. The van der Waals surface area contributed by atoms with E-state index < -0.39 is 0 Å². The van der Waals surface area contributed by atoms with Crippen LogP contribution in [0.15, 0.2) is 18.2 Å². The van der Waals surface area contributed by atoms with Crippen LogP contribution in [0, 0.1) is 0 Å². The molecule has 1 aliphatic rings. The topological polar surface area (TPSA) is 68.0 Å². The second-order valence-corrected chi connectivity index (χ2v) is 4.80. The van der Waals surface area contributed by atoms with E-state index in [0.29, 0.717) is 13.2 Å². The largest absolute Gasteiger partial charge is 0.496 e. The average Bonchev–Trinajstić information content (AvgIpc) is 2.46. The lowest BCUT2D eigenvalue weighted by atomic mass is 10.0. The lowest BCUT2D eigenvalue weighted by Crippen LogP contribution is -2.44. The van der Waals surface area contributed by atoms with Gasteiger partial charge in [0.25, 0.3) is 0 Å². The zero-order valence-electron chi connectivity index (χ0n) is 11.5. The van der Waals surface area contributed by atoms with E-state index in [4.69, 9.17) is 15.2 Å². The van der Waals surface area contributed by atoms with Crippen LogP contribution >= 0.6 is 0 Å². The summed E-state index contributed by atoms with van der Waals surface area (Å²) in [5.41, 5.74) is 8.15. The van der Waals surface area contributed by atoms with Crippen LogP contribution in [0.3, 0.4) is 0 Å². The van der Waals surface area contributed by atoms with Crippen molar-refractivity contribution < 1.29 is 14.6 Å². The minimum atomic E-state index is -0.138. The molecule has 0 radical (unpaired) electrons. The third-order valence-corrected chi connectivity index (χ3v) is 3.40. The fourth-order valence-electron chi connectivity index (χ4n) is 2.49. The molecule has 0 amide bonds. The van der Waals surface area contributed by atoms with Gasteiger partial charge in [-0.1, -0.05) is 6.07 Å². The minimum absolute atomic E-state index is 0.0357. The number of aliphatic hydroxyl groups excluding tert-OH is 1. The van der Waals surface area contributed by atoms with Crippen molar-refractivity contribution in [2.45, 2.75) is 19.1 Å². The Morgan fingerprint density at radius 1 is 1.58 bits per heavy atom. The van der Waals surface area contributed by atoms with Crippen molar-refractivity contribution in [3.05, 3.63) is 23.8 Å². The van der Waals surface area contributed by atoms with Gasteiger partial charge in [-0.25, -0.2) is 0 Å². The first-order valence-corrected chi connectivity index (χ1v) is 6.57. The Morgan fingerprint density at radius 2 is 2.37 bits per heavy atom. The fraction of sp³-hybridized carbons (Fsp3) is 0.571. The summed E-state index contributed by atoms with van der Waals surface area (Å²) in [5, 5.41) is 9.23. The van der Waals surface area contributed by atoms with Crippen LogP contribution in [0.5, 0.6) is 5.75 Å². The summed E-state index contributed by atoms with van der Waals surface area (Å²) in [4.78, 5) is 2.20. The Kier molecular flexibility index (Phi) is 4.63. The van der Waals surface area contributed by atoms with Crippen LogP contribution in [-0.2, 0) is 4.74 Å². The number of methoxy groups -OCH3 is 1. The van der Waals surface area contributed by atoms with Crippen LogP contribution in [0.2, 0.25) is 0 Å². The zero-order chi connectivity index (χ0) is 13.8. The third kappa shape index (κ3) is 3.00. The van der Waals surface area contributed by atoms with Gasteiger partial charge in [-0.05, 0) is 19.1 Å². The molecule has 3 N–H and O–H groups in total. The molecule has 0 aromatic heterocycles. The number of benzene rings is 1. The first kappa shape index (κ1) is 14.1. The average molecular weight is 266 g/mol.